The van der Waals surface area contributed by atoms with Crippen LogP contribution in [0.1, 0.15) is 25.0 Å². The Bertz CT molecular complexity index is 380. The summed E-state index contributed by atoms with van der Waals surface area (Å²) in [5.41, 5.74) is 7.23. The number of aliphatic hydroxyl groups excluding tert-OH is 2. The third-order valence-corrected chi connectivity index (χ3v) is 3.70. The molecule has 0 saturated carbocycles. The normalized spacial score (nSPS) is 27.1. The van der Waals surface area contributed by atoms with Gasteiger partial charge in [-0.1, -0.05) is 19.1 Å². The fourth-order valence-corrected chi connectivity index (χ4v) is 2.45. The average molecular weight is 250 g/mol. The smallest absolute Gasteiger partial charge is 0.0916 e. The van der Waals surface area contributed by atoms with Crippen LogP contribution in [-0.4, -0.2) is 40.9 Å². The number of hydrogen-bond donors (Lipinski definition) is 3. The summed E-state index contributed by atoms with van der Waals surface area (Å²) in [6.45, 7) is 4.35. The molecule has 0 aliphatic carbocycles. The monoisotopic (exact) mass is 250 g/mol. The van der Waals surface area contributed by atoms with Crippen molar-refractivity contribution in [2.24, 2.45) is 5.92 Å². The van der Waals surface area contributed by atoms with Crippen LogP contribution < -0.4 is 5.73 Å². The summed E-state index contributed by atoms with van der Waals surface area (Å²) < 4.78 is 0. The van der Waals surface area contributed by atoms with Crippen LogP contribution in [0.3, 0.4) is 0 Å². The molecular weight excluding hydrogens is 228 g/mol. The van der Waals surface area contributed by atoms with Gasteiger partial charge in [-0.2, -0.15) is 0 Å². The molecule has 3 atom stereocenters. The molecule has 0 spiro atoms. The van der Waals surface area contributed by atoms with Gasteiger partial charge in [-0.05, 0) is 30.0 Å². The number of hydrogen-bond acceptors (Lipinski definition) is 4. The van der Waals surface area contributed by atoms with Crippen LogP contribution in [0.5, 0.6) is 0 Å². The zero-order valence-corrected chi connectivity index (χ0v) is 10.8. The van der Waals surface area contributed by atoms with E-state index >= 15 is 0 Å². The van der Waals surface area contributed by atoms with E-state index in [1.54, 1.807) is 12.1 Å². The van der Waals surface area contributed by atoms with Gasteiger partial charge in [0.05, 0.1) is 12.2 Å². The fraction of sp³-hybridized carbons (Fsp3) is 0.571. The molecule has 0 amide bonds. The molecule has 3 unspecified atom stereocenters. The van der Waals surface area contributed by atoms with Crippen molar-refractivity contribution >= 4 is 5.69 Å². The van der Waals surface area contributed by atoms with Crippen LogP contribution in [0.2, 0.25) is 0 Å². The summed E-state index contributed by atoms with van der Waals surface area (Å²) in [6.07, 6.45) is 0.0956. The minimum absolute atomic E-state index is 0.199. The van der Waals surface area contributed by atoms with Gasteiger partial charge in [-0.25, -0.2) is 0 Å². The van der Waals surface area contributed by atoms with Gasteiger partial charge in [0.25, 0.3) is 0 Å². The maximum atomic E-state index is 10.2. The van der Waals surface area contributed by atoms with Crippen molar-refractivity contribution in [2.45, 2.75) is 25.6 Å². The first-order valence-electron chi connectivity index (χ1n) is 6.50. The second kappa shape index (κ2) is 5.69. The molecule has 1 aliphatic heterocycles. The third-order valence-electron chi connectivity index (χ3n) is 3.70. The number of benzene rings is 1. The number of piperidine rings is 1. The first-order valence-corrected chi connectivity index (χ1v) is 6.50. The molecule has 0 bridgehead atoms. The number of β-amino-alcohol motifs (C(OH)–C–C–N with tert-alkyl or cyclic N) is 1. The second-order valence-corrected chi connectivity index (χ2v) is 5.28. The van der Waals surface area contributed by atoms with Crippen molar-refractivity contribution in [3.63, 3.8) is 0 Å². The molecule has 0 aromatic heterocycles. The second-order valence-electron chi connectivity index (χ2n) is 5.28. The Morgan fingerprint density at radius 3 is 2.67 bits per heavy atom. The van der Waals surface area contributed by atoms with E-state index in [0.29, 0.717) is 12.2 Å². The van der Waals surface area contributed by atoms with Crippen LogP contribution in [0.25, 0.3) is 0 Å². The van der Waals surface area contributed by atoms with Crippen LogP contribution in [0, 0.1) is 5.92 Å². The van der Waals surface area contributed by atoms with E-state index in [1.807, 2.05) is 19.1 Å². The van der Waals surface area contributed by atoms with Crippen molar-refractivity contribution in [2.75, 3.05) is 25.4 Å². The summed E-state index contributed by atoms with van der Waals surface area (Å²) in [4.78, 5) is 2.21. The van der Waals surface area contributed by atoms with E-state index in [0.717, 1.165) is 25.1 Å². The van der Waals surface area contributed by atoms with Crippen LogP contribution in [0.4, 0.5) is 5.69 Å². The molecule has 1 saturated heterocycles. The highest BCUT2D eigenvalue weighted by Gasteiger charge is 2.25. The van der Waals surface area contributed by atoms with E-state index in [-0.39, 0.29) is 12.0 Å². The molecule has 1 aromatic rings. The largest absolute Gasteiger partial charge is 0.399 e. The van der Waals surface area contributed by atoms with E-state index in [9.17, 15) is 10.2 Å². The predicted octanol–water partition coefficient (Wildman–Crippen LogP) is 1.00. The standard InChI is InChI=1S/C14H22N2O2/c1-10-8-16(7-6-13(10)17)9-14(18)11-2-4-12(15)5-3-11/h2-5,10,13-14,17-18H,6-9,15H2,1H3. The molecule has 1 fully saturated rings. The van der Waals surface area contributed by atoms with Crippen molar-refractivity contribution in [3.05, 3.63) is 29.8 Å². The van der Waals surface area contributed by atoms with Crippen LogP contribution >= 0.6 is 0 Å². The van der Waals surface area contributed by atoms with Gasteiger partial charge < -0.3 is 15.9 Å². The predicted molar refractivity (Wildman–Crippen MR) is 72.0 cm³/mol. The van der Waals surface area contributed by atoms with Gasteiger partial charge in [0.1, 0.15) is 0 Å². The lowest BCUT2D eigenvalue weighted by molar-refractivity contribution is 0.0147. The number of nitrogen functional groups attached to an aromatic ring is 1. The summed E-state index contributed by atoms with van der Waals surface area (Å²) in [6, 6.07) is 7.34. The molecule has 1 heterocycles. The Morgan fingerprint density at radius 1 is 1.39 bits per heavy atom. The molecule has 1 aromatic carbocycles. The lowest BCUT2D eigenvalue weighted by Crippen LogP contribution is -2.43. The Balaban J connectivity index is 1.91. The lowest BCUT2D eigenvalue weighted by Gasteiger charge is -2.35. The molecule has 1 aliphatic rings. The Kier molecular flexibility index (Phi) is 4.22. The maximum absolute atomic E-state index is 10.2. The lowest BCUT2D eigenvalue weighted by atomic mass is 9.96. The van der Waals surface area contributed by atoms with Gasteiger partial charge in [0, 0.05) is 25.3 Å². The van der Waals surface area contributed by atoms with Crippen LogP contribution in [0.15, 0.2) is 24.3 Å². The quantitative estimate of drug-likeness (QED) is 0.700. The highest BCUT2D eigenvalue weighted by molar-refractivity contribution is 5.39. The minimum Gasteiger partial charge on any atom is -0.399 e. The zero-order chi connectivity index (χ0) is 13.1. The number of likely N-dealkylation sites (tertiary alicyclic amines) is 1. The van der Waals surface area contributed by atoms with Gasteiger partial charge in [-0.15, -0.1) is 0 Å². The summed E-state index contributed by atoms with van der Waals surface area (Å²) in [7, 11) is 0. The van der Waals surface area contributed by atoms with E-state index in [1.165, 1.54) is 0 Å². The average Bonchev–Trinajstić information content (AvgIpc) is 2.34. The number of nitrogens with two attached hydrogens (primary N) is 1. The van der Waals surface area contributed by atoms with Crippen molar-refractivity contribution in [1.29, 1.82) is 0 Å². The van der Waals surface area contributed by atoms with E-state index in [4.69, 9.17) is 5.73 Å². The summed E-state index contributed by atoms with van der Waals surface area (Å²) in [5.74, 6) is 0.275. The number of nitrogens with zero attached hydrogens (tertiary/aromatic N) is 1. The van der Waals surface area contributed by atoms with Gasteiger partial charge in [0.2, 0.25) is 0 Å². The van der Waals surface area contributed by atoms with E-state index < -0.39 is 6.10 Å². The number of anilines is 1. The number of rotatable bonds is 3. The van der Waals surface area contributed by atoms with Crippen molar-refractivity contribution < 1.29 is 10.2 Å². The molecule has 4 N–H and O–H groups in total. The van der Waals surface area contributed by atoms with Gasteiger partial charge >= 0.3 is 0 Å². The van der Waals surface area contributed by atoms with E-state index in [2.05, 4.69) is 4.90 Å². The Hall–Kier alpha value is -1.10. The maximum Gasteiger partial charge on any atom is 0.0916 e. The molecular formula is C14H22N2O2. The summed E-state index contributed by atoms with van der Waals surface area (Å²) in [5, 5.41) is 19.8. The minimum atomic E-state index is -0.493. The van der Waals surface area contributed by atoms with Crippen LogP contribution in [-0.2, 0) is 0 Å². The highest BCUT2D eigenvalue weighted by atomic mass is 16.3. The van der Waals surface area contributed by atoms with Crippen molar-refractivity contribution in [1.82, 2.24) is 4.90 Å². The third kappa shape index (κ3) is 3.22. The highest BCUT2D eigenvalue weighted by Crippen LogP contribution is 2.21. The van der Waals surface area contributed by atoms with Crippen molar-refractivity contribution in [3.8, 4) is 0 Å². The molecule has 4 heteroatoms. The first-order chi connectivity index (χ1) is 8.56. The molecule has 18 heavy (non-hydrogen) atoms. The fourth-order valence-electron chi connectivity index (χ4n) is 2.45. The number of aliphatic hydroxyl groups is 2. The van der Waals surface area contributed by atoms with Gasteiger partial charge in [-0.3, -0.25) is 4.90 Å². The zero-order valence-electron chi connectivity index (χ0n) is 10.8. The first kappa shape index (κ1) is 13.3. The Labute approximate surface area is 108 Å². The molecule has 100 valence electrons. The SMILES string of the molecule is CC1CN(CC(O)c2ccc(N)cc2)CCC1O. The molecule has 0 radical (unpaired) electrons. The topological polar surface area (TPSA) is 69.7 Å². The Morgan fingerprint density at radius 2 is 2.06 bits per heavy atom. The summed E-state index contributed by atoms with van der Waals surface area (Å²) >= 11 is 0. The molecule has 2 rings (SSSR count). The molecule has 4 nitrogen and oxygen atoms in total. The van der Waals surface area contributed by atoms with Gasteiger partial charge in [0.15, 0.2) is 0 Å².